The number of non-ortho nitro benzene ring substituents is 1. The largest absolute Gasteiger partial charge is 0.326 e. The number of nitrogens with zero attached hydrogens (tertiary/aromatic N) is 4. The van der Waals surface area contributed by atoms with Crippen LogP contribution in [0, 0.1) is 17.0 Å². The van der Waals surface area contributed by atoms with Crippen molar-refractivity contribution in [3.05, 3.63) is 70.3 Å². The lowest BCUT2D eigenvalue weighted by atomic mass is 10.0. The first-order chi connectivity index (χ1) is 15.5. The number of anilines is 1. The van der Waals surface area contributed by atoms with Gasteiger partial charge in [-0.1, -0.05) is 54.2 Å². The second-order valence-electron chi connectivity index (χ2n) is 7.40. The van der Waals surface area contributed by atoms with Crippen LogP contribution in [0.5, 0.6) is 0 Å². The Balaban J connectivity index is 1.27. The number of aryl methyl sites for hydroxylation is 1. The maximum Gasteiger partial charge on any atom is 0.271 e. The van der Waals surface area contributed by atoms with Gasteiger partial charge >= 0.3 is 0 Å². The number of nitro groups is 1. The summed E-state index contributed by atoms with van der Waals surface area (Å²) in [6.45, 7) is 1.79. The summed E-state index contributed by atoms with van der Waals surface area (Å²) in [6, 6.07) is 16.6. The van der Waals surface area contributed by atoms with Crippen LogP contribution in [0.2, 0.25) is 0 Å². The van der Waals surface area contributed by atoms with Crippen molar-refractivity contribution in [1.29, 1.82) is 0 Å². The van der Waals surface area contributed by atoms with Crippen molar-refractivity contribution in [1.82, 2.24) is 15.2 Å². The van der Waals surface area contributed by atoms with Crippen LogP contribution in [0.15, 0.2) is 59.8 Å². The molecule has 0 unspecified atom stereocenters. The number of nitrogens with one attached hydrogen (secondary N) is 1. The molecule has 0 aliphatic heterocycles. The van der Waals surface area contributed by atoms with E-state index in [1.54, 1.807) is 13.0 Å². The number of nitro benzene ring substituents is 1. The van der Waals surface area contributed by atoms with E-state index in [1.807, 2.05) is 24.3 Å². The number of benzene rings is 3. The van der Waals surface area contributed by atoms with Crippen molar-refractivity contribution in [2.75, 3.05) is 11.1 Å². The van der Waals surface area contributed by atoms with E-state index >= 15 is 0 Å². The third-order valence-electron chi connectivity index (χ3n) is 5.35. The molecule has 1 aliphatic carbocycles. The van der Waals surface area contributed by atoms with E-state index in [-0.39, 0.29) is 18.0 Å². The molecule has 1 aliphatic rings. The third kappa shape index (κ3) is 3.56. The molecular weight excluding hydrogens is 426 g/mol. The number of amides is 1. The van der Waals surface area contributed by atoms with Gasteiger partial charge in [-0.3, -0.25) is 14.9 Å². The Hall–Kier alpha value is -3.85. The SMILES string of the molecule is Cc1ccc([N+](=O)[O-])cc1NC(=O)CCSc1nnc2c(n1)-c1cccc3cccc-2c13. The number of fused-ring (bicyclic) bond motifs is 3. The summed E-state index contributed by atoms with van der Waals surface area (Å²) < 4.78 is 0. The van der Waals surface area contributed by atoms with Gasteiger partial charge in [0, 0.05) is 40.8 Å². The molecule has 1 heterocycles. The monoisotopic (exact) mass is 443 g/mol. The predicted molar refractivity (Wildman–Crippen MR) is 124 cm³/mol. The molecule has 8 nitrogen and oxygen atoms in total. The topological polar surface area (TPSA) is 111 Å². The standard InChI is InChI=1S/C23H17N5O3S/c1-13-8-9-15(28(30)31)12-18(13)24-19(29)10-11-32-23-25-21-16-6-2-4-14-5-3-7-17(20(14)16)22(21)26-27-23/h2-9,12H,10-11H2,1H3,(H,24,29). The fourth-order valence-electron chi connectivity index (χ4n) is 3.78. The minimum Gasteiger partial charge on any atom is -0.326 e. The molecule has 5 rings (SSSR count). The lowest BCUT2D eigenvalue weighted by Crippen LogP contribution is -2.13. The van der Waals surface area contributed by atoms with Crippen LogP contribution in [0.4, 0.5) is 11.4 Å². The molecule has 32 heavy (non-hydrogen) atoms. The minimum absolute atomic E-state index is 0.0612. The molecule has 158 valence electrons. The van der Waals surface area contributed by atoms with E-state index in [2.05, 4.69) is 27.6 Å². The third-order valence-corrected chi connectivity index (χ3v) is 6.19. The summed E-state index contributed by atoms with van der Waals surface area (Å²) in [7, 11) is 0. The zero-order valence-electron chi connectivity index (χ0n) is 17.0. The Bertz CT molecular complexity index is 1400. The second-order valence-corrected chi connectivity index (χ2v) is 8.47. The lowest BCUT2D eigenvalue weighted by molar-refractivity contribution is -0.384. The quantitative estimate of drug-likeness (QED) is 0.223. The van der Waals surface area contributed by atoms with E-state index in [1.165, 1.54) is 23.9 Å². The first-order valence-electron chi connectivity index (χ1n) is 9.96. The van der Waals surface area contributed by atoms with Crippen molar-refractivity contribution >= 4 is 39.8 Å². The van der Waals surface area contributed by atoms with E-state index in [4.69, 9.17) is 4.98 Å². The van der Waals surface area contributed by atoms with Crippen molar-refractivity contribution < 1.29 is 9.72 Å². The highest BCUT2D eigenvalue weighted by Crippen LogP contribution is 2.44. The number of carbonyl (C=O) groups excluding carboxylic acids is 1. The van der Waals surface area contributed by atoms with Gasteiger partial charge in [-0.05, 0) is 17.9 Å². The minimum atomic E-state index is -0.484. The van der Waals surface area contributed by atoms with Crippen LogP contribution in [-0.4, -0.2) is 31.8 Å². The van der Waals surface area contributed by atoms with Crippen molar-refractivity contribution in [2.45, 2.75) is 18.5 Å². The average molecular weight is 443 g/mol. The van der Waals surface area contributed by atoms with Crippen molar-refractivity contribution in [3.63, 3.8) is 0 Å². The van der Waals surface area contributed by atoms with Gasteiger partial charge in [-0.15, -0.1) is 10.2 Å². The lowest BCUT2D eigenvalue weighted by Gasteiger charge is -2.08. The van der Waals surface area contributed by atoms with Gasteiger partial charge in [0.1, 0.15) is 11.4 Å². The zero-order valence-corrected chi connectivity index (χ0v) is 17.8. The number of rotatable bonds is 6. The molecule has 0 bridgehead atoms. The Kier molecular flexibility index (Phi) is 5.02. The summed E-state index contributed by atoms with van der Waals surface area (Å²) >= 11 is 1.35. The smallest absolute Gasteiger partial charge is 0.271 e. The van der Waals surface area contributed by atoms with Gasteiger partial charge in [0.15, 0.2) is 0 Å². The molecule has 0 saturated heterocycles. The molecule has 0 fully saturated rings. The van der Waals surface area contributed by atoms with Crippen molar-refractivity contribution in [3.8, 4) is 22.5 Å². The van der Waals surface area contributed by atoms with Gasteiger partial charge < -0.3 is 5.32 Å². The van der Waals surface area contributed by atoms with E-state index in [0.717, 1.165) is 38.9 Å². The van der Waals surface area contributed by atoms with Crippen LogP contribution < -0.4 is 5.32 Å². The highest BCUT2D eigenvalue weighted by Gasteiger charge is 2.24. The van der Waals surface area contributed by atoms with E-state index < -0.39 is 4.92 Å². The zero-order chi connectivity index (χ0) is 22.2. The highest BCUT2D eigenvalue weighted by atomic mass is 32.2. The molecule has 1 N–H and O–H groups in total. The molecule has 0 spiro atoms. The van der Waals surface area contributed by atoms with Gasteiger partial charge in [0.05, 0.1) is 10.6 Å². The maximum atomic E-state index is 12.3. The molecular formula is C23H17N5O3S. The Morgan fingerprint density at radius 1 is 1.06 bits per heavy atom. The molecule has 0 radical (unpaired) electrons. The highest BCUT2D eigenvalue weighted by molar-refractivity contribution is 7.99. The fourth-order valence-corrected chi connectivity index (χ4v) is 4.51. The Labute approximate surface area is 187 Å². The maximum absolute atomic E-state index is 12.3. The molecule has 1 amide bonds. The normalized spacial score (nSPS) is 11.4. The van der Waals surface area contributed by atoms with E-state index in [9.17, 15) is 14.9 Å². The number of aromatic nitrogens is 3. The van der Waals surface area contributed by atoms with Crippen LogP contribution in [0.25, 0.3) is 33.3 Å². The summed E-state index contributed by atoms with van der Waals surface area (Å²) in [5, 5.41) is 25.1. The van der Waals surface area contributed by atoms with Crippen LogP contribution in [-0.2, 0) is 4.79 Å². The summed E-state index contributed by atoms with van der Waals surface area (Å²) in [6.07, 6.45) is 0.211. The van der Waals surface area contributed by atoms with Crippen molar-refractivity contribution in [2.24, 2.45) is 0 Å². The Morgan fingerprint density at radius 3 is 2.56 bits per heavy atom. The summed E-state index contributed by atoms with van der Waals surface area (Å²) in [4.78, 5) is 27.5. The van der Waals surface area contributed by atoms with Gasteiger partial charge in [0.25, 0.3) is 5.69 Å². The van der Waals surface area contributed by atoms with Crippen LogP contribution >= 0.6 is 11.8 Å². The fraction of sp³-hybridized carbons (Fsp3) is 0.130. The number of hydrogen-bond acceptors (Lipinski definition) is 7. The molecule has 3 aromatic carbocycles. The second kappa shape index (κ2) is 8.01. The van der Waals surface area contributed by atoms with Crippen LogP contribution in [0.3, 0.4) is 0 Å². The molecule has 1 aromatic heterocycles. The average Bonchev–Trinajstić information content (AvgIpc) is 3.10. The number of carbonyl (C=O) groups is 1. The van der Waals surface area contributed by atoms with E-state index in [0.29, 0.717) is 16.6 Å². The first-order valence-corrected chi connectivity index (χ1v) is 10.9. The molecule has 0 atom stereocenters. The van der Waals surface area contributed by atoms with Crippen LogP contribution in [0.1, 0.15) is 12.0 Å². The Morgan fingerprint density at radius 2 is 1.81 bits per heavy atom. The predicted octanol–water partition coefficient (Wildman–Crippen LogP) is 5.01. The molecule has 9 heteroatoms. The van der Waals surface area contributed by atoms with Gasteiger partial charge in [0.2, 0.25) is 11.1 Å². The molecule has 4 aromatic rings. The first kappa shape index (κ1) is 20.1. The summed E-state index contributed by atoms with van der Waals surface area (Å²) in [5.41, 5.74) is 4.81. The number of thioether (sulfide) groups is 1. The van der Waals surface area contributed by atoms with Gasteiger partial charge in [-0.25, -0.2) is 4.98 Å². The van der Waals surface area contributed by atoms with Gasteiger partial charge in [-0.2, -0.15) is 0 Å². The number of hydrogen-bond donors (Lipinski definition) is 1. The summed E-state index contributed by atoms with van der Waals surface area (Å²) in [5.74, 6) is 0.227. The molecule has 0 saturated carbocycles.